The second-order valence-electron chi connectivity index (χ2n) is 4.47. The summed E-state index contributed by atoms with van der Waals surface area (Å²) in [4.78, 5) is 21.9. The standard InChI is InChI=1S/C12H14ClN3O3.ClH/c13-11-6-10(16(18)19)2-1-8(11)5-12(17)15-9-3-4-14-7-9;/h1-2,6,9,14H,3-5,7H2,(H,15,17);1H. The lowest BCUT2D eigenvalue weighted by Crippen LogP contribution is -2.37. The van der Waals surface area contributed by atoms with E-state index >= 15 is 0 Å². The molecule has 8 heteroatoms. The monoisotopic (exact) mass is 319 g/mol. The molecule has 1 heterocycles. The lowest BCUT2D eigenvalue weighted by atomic mass is 10.1. The third kappa shape index (κ3) is 4.33. The minimum atomic E-state index is -0.514. The molecule has 1 aromatic carbocycles. The molecule has 2 N–H and O–H groups in total. The van der Waals surface area contributed by atoms with Gasteiger partial charge in [0.15, 0.2) is 0 Å². The van der Waals surface area contributed by atoms with Crippen LogP contribution >= 0.6 is 24.0 Å². The number of hydrogen-bond donors (Lipinski definition) is 2. The Morgan fingerprint density at radius 3 is 2.85 bits per heavy atom. The van der Waals surface area contributed by atoms with E-state index < -0.39 is 4.92 Å². The van der Waals surface area contributed by atoms with Crippen LogP contribution in [0.4, 0.5) is 5.69 Å². The molecular weight excluding hydrogens is 305 g/mol. The normalized spacial score (nSPS) is 17.4. The molecule has 1 aromatic rings. The van der Waals surface area contributed by atoms with Crippen molar-refractivity contribution in [1.29, 1.82) is 0 Å². The van der Waals surface area contributed by atoms with E-state index in [1.54, 1.807) is 0 Å². The number of nitrogens with one attached hydrogen (secondary N) is 2. The molecule has 0 saturated carbocycles. The Morgan fingerprint density at radius 1 is 1.55 bits per heavy atom. The van der Waals surface area contributed by atoms with Gasteiger partial charge < -0.3 is 10.6 Å². The van der Waals surface area contributed by atoms with E-state index in [9.17, 15) is 14.9 Å². The number of carbonyl (C=O) groups is 1. The molecule has 6 nitrogen and oxygen atoms in total. The van der Waals surface area contributed by atoms with E-state index in [0.29, 0.717) is 5.56 Å². The van der Waals surface area contributed by atoms with Crippen molar-refractivity contribution in [3.8, 4) is 0 Å². The number of nitrogens with zero attached hydrogens (tertiary/aromatic N) is 1. The summed E-state index contributed by atoms with van der Waals surface area (Å²) in [5, 5.41) is 16.9. The highest BCUT2D eigenvalue weighted by molar-refractivity contribution is 6.31. The van der Waals surface area contributed by atoms with E-state index in [-0.39, 0.29) is 41.5 Å². The van der Waals surface area contributed by atoms with Crippen molar-refractivity contribution in [2.24, 2.45) is 0 Å². The maximum atomic E-state index is 11.8. The summed E-state index contributed by atoms with van der Waals surface area (Å²) >= 11 is 5.94. The fourth-order valence-electron chi connectivity index (χ4n) is 2.02. The Labute approximate surface area is 127 Å². The van der Waals surface area contributed by atoms with Crippen LogP contribution in [0.3, 0.4) is 0 Å². The zero-order chi connectivity index (χ0) is 13.8. The SMILES string of the molecule is Cl.O=C(Cc1ccc([N+](=O)[O-])cc1Cl)NC1CCNC1. The molecule has 0 radical (unpaired) electrons. The molecule has 1 aliphatic rings. The molecule has 1 amide bonds. The van der Waals surface area contributed by atoms with Crippen molar-refractivity contribution < 1.29 is 9.72 Å². The minimum Gasteiger partial charge on any atom is -0.352 e. The van der Waals surface area contributed by atoms with Crippen LogP contribution in [0.5, 0.6) is 0 Å². The first-order chi connectivity index (χ1) is 9.06. The van der Waals surface area contributed by atoms with Crippen molar-refractivity contribution in [2.45, 2.75) is 18.9 Å². The van der Waals surface area contributed by atoms with E-state index in [0.717, 1.165) is 19.5 Å². The van der Waals surface area contributed by atoms with Gasteiger partial charge in [0.25, 0.3) is 5.69 Å². The smallest absolute Gasteiger partial charge is 0.270 e. The fraction of sp³-hybridized carbons (Fsp3) is 0.417. The summed E-state index contributed by atoms with van der Waals surface area (Å²) in [6.45, 7) is 1.68. The number of nitro groups is 1. The fourth-order valence-corrected chi connectivity index (χ4v) is 2.26. The number of hydrogen-bond acceptors (Lipinski definition) is 4. The zero-order valence-corrected chi connectivity index (χ0v) is 12.2. The Bertz CT molecular complexity index is 505. The first kappa shape index (κ1) is 16.7. The van der Waals surface area contributed by atoms with Crippen molar-refractivity contribution in [1.82, 2.24) is 10.6 Å². The Hall–Kier alpha value is -1.37. The van der Waals surface area contributed by atoms with E-state index in [2.05, 4.69) is 10.6 Å². The summed E-state index contributed by atoms with van der Waals surface area (Å²) in [5.41, 5.74) is 0.518. The van der Waals surface area contributed by atoms with Crippen molar-refractivity contribution in [2.75, 3.05) is 13.1 Å². The maximum Gasteiger partial charge on any atom is 0.270 e. The van der Waals surface area contributed by atoms with Gasteiger partial charge in [-0.15, -0.1) is 12.4 Å². The average molecular weight is 320 g/mol. The Kier molecular flexibility index (Phi) is 6.19. The highest BCUT2D eigenvalue weighted by Crippen LogP contribution is 2.22. The zero-order valence-electron chi connectivity index (χ0n) is 10.6. The molecule has 1 atom stereocenters. The highest BCUT2D eigenvalue weighted by Gasteiger charge is 2.18. The number of benzene rings is 1. The molecule has 0 aromatic heterocycles. The maximum absolute atomic E-state index is 11.8. The van der Waals surface area contributed by atoms with Crippen LogP contribution in [0.15, 0.2) is 18.2 Å². The van der Waals surface area contributed by atoms with E-state index in [4.69, 9.17) is 11.6 Å². The van der Waals surface area contributed by atoms with Crippen molar-refractivity contribution >= 4 is 35.6 Å². The molecule has 20 heavy (non-hydrogen) atoms. The molecule has 1 saturated heterocycles. The third-order valence-electron chi connectivity index (χ3n) is 3.02. The second-order valence-corrected chi connectivity index (χ2v) is 4.87. The first-order valence-corrected chi connectivity index (χ1v) is 6.37. The third-order valence-corrected chi connectivity index (χ3v) is 3.38. The lowest BCUT2D eigenvalue weighted by Gasteiger charge is -2.11. The summed E-state index contributed by atoms with van der Waals surface area (Å²) in [7, 11) is 0. The van der Waals surface area contributed by atoms with Gasteiger partial charge in [-0.2, -0.15) is 0 Å². The Morgan fingerprint density at radius 2 is 2.30 bits per heavy atom. The van der Waals surface area contributed by atoms with Gasteiger partial charge in [0.2, 0.25) is 5.91 Å². The summed E-state index contributed by atoms with van der Waals surface area (Å²) in [5.74, 6) is -0.121. The first-order valence-electron chi connectivity index (χ1n) is 5.99. The minimum absolute atomic E-state index is 0. The topological polar surface area (TPSA) is 84.3 Å². The van der Waals surface area contributed by atoms with Crippen LogP contribution < -0.4 is 10.6 Å². The molecule has 0 aliphatic carbocycles. The van der Waals surface area contributed by atoms with Gasteiger partial charge >= 0.3 is 0 Å². The van der Waals surface area contributed by atoms with Gasteiger partial charge in [-0.25, -0.2) is 0 Å². The number of halogens is 2. The van der Waals surface area contributed by atoms with Gasteiger partial charge in [0.05, 0.1) is 16.4 Å². The number of carbonyl (C=O) groups excluding carboxylic acids is 1. The number of rotatable bonds is 4. The van der Waals surface area contributed by atoms with Crippen LogP contribution in [-0.4, -0.2) is 30.0 Å². The van der Waals surface area contributed by atoms with Gasteiger partial charge in [0, 0.05) is 24.7 Å². The number of nitro benzene ring substituents is 1. The molecule has 1 unspecified atom stereocenters. The predicted octanol–water partition coefficient (Wildman–Crippen LogP) is 1.69. The van der Waals surface area contributed by atoms with E-state index in [1.807, 2.05) is 0 Å². The molecule has 0 bridgehead atoms. The average Bonchev–Trinajstić information content (AvgIpc) is 2.84. The summed E-state index contributed by atoms with van der Waals surface area (Å²) < 4.78 is 0. The van der Waals surface area contributed by atoms with Gasteiger partial charge in [-0.3, -0.25) is 14.9 Å². The van der Waals surface area contributed by atoms with Crippen LogP contribution in [0.1, 0.15) is 12.0 Å². The molecular formula is C12H15Cl2N3O3. The van der Waals surface area contributed by atoms with Crippen LogP contribution in [0.2, 0.25) is 5.02 Å². The quantitative estimate of drug-likeness (QED) is 0.653. The summed E-state index contributed by atoms with van der Waals surface area (Å²) in [6, 6.07) is 4.30. The molecule has 0 spiro atoms. The van der Waals surface area contributed by atoms with Crippen LogP contribution in [-0.2, 0) is 11.2 Å². The van der Waals surface area contributed by atoms with E-state index in [1.165, 1.54) is 18.2 Å². The number of amides is 1. The molecule has 110 valence electrons. The van der Waals surface area contributed by atoms with Gasteiger partial charge in [0.1, 0.15) is 0 Å². The lowest BCUT2D eigenvalue weighted by molar-refractivity contribution is -0.384. The van der Waals surface area contributed by atoms with Crippen molar-refractivity contribution in [3.63, 3.8) is 0 Å². The largest absolute Gasteiger partial charge is 0.352 e. The van der Waals surface area contributed by atoms with Crippen LogP contribution in [0.25, 0.3) is 0 Å². The highest BCUT2D eigenvalue weighted by atomic mass is 35.5. The Balaban J connectivity index is 0.00000200. The molecule has 2 rings (SSSR count). The van der Waals surface area contributed by atoms with Gasteiger partial charge in [-0.05, 0) is 18.5 Å². The van der Waals surface area contributed by atoms with Gasteiger partial charge in [-0.1, -0.05) is 17.7 Å². The van der Waals surface area contributed by atoms with Crippen LogP contribution in [0, 0.1) is 10.1 Å². The summed E-state index contributed by atoms with van der Waals surface area (Å²) in [6.07, 6.45) is 1.05. The number of non-ortho nitro benzene ring substituents is 1. The molecule has 1 aliphatic heterocycles. The van der Waals surface area contributed by atoms with Crippen molar-refractivity contribution in [3.05, 3.63) is 38.9 Å². The predicted molar refractivity (Wildman–Crippen MR) is 78.5 cm³/mol. The molecule has 1 fully saturated rings. The second kappa shape index (κ2) is 7.42.